The molecule has 0 radical (unpaired) electrons. The molecule has 1 aliphatic heterocycles. The molecule has 0 aliphatic carbocycles. The van der Waals surface area contributed by atoms with E-state index in [2.05, 4.69) is 22.5 Å². The van der Waals surface area contributed by atoms with E-state index < -0.39 is 0 Å². The van der Waals surface area contributed by atoms with Crippen LogP contribution >= 0.6 is 35.6 Å². The third-order valence-electron chi connectivity index (χ3n) is 3.98. The molecule has 0 saturated carbocycles. The number of rotatable bonds is 6. The third-order valence-corrected chi connectivity index (χ3v) is 4.61. The quantitative estimate of drug-likeness (QED) is 0.791. The van der Waals surface area contributed by atoms with Crippen molar-refractivity contribution < 1.29 is 4.79 Å². The molecule has 1 heterocycles. The first-order valence-electron chi connectivity index (χ1n) is 7.77. The number of benzene rings is 1. The average molecular weight is 381 g/mol. The van der Waals surface area contributed by atoms with Crippen molar-refractivity contribution in [3.8, 4) is 0 Å². The summed E-state index contributed by atoms with van der Waals surface area (Å²) in [5, 5.41) is 7.13. The van der Waals surface area contributed by atoms with E-state index in [1.54, 1.807) is 18.2 Å². The Morgan fingerprint density at radius 3 is 2.43 bits per heavy atom. The molecule has 0 bridgehead atoms. The summed E-state index contributed by atoms with van der Waals surface area (Å²) in [5.41, 5.74) is 0.498. The molecule has 7 heteroatoms. The Kier molecular flexibility index (Phi) is 9.25. The van der Waals surface area contributed by atoms with Crippen LogP contribution in [0.2, 0.25) is 10.0 Å². The number of hydrogen-bond donors (Lipinski definition) is 2. The summed E-state index contributed by atoms with van der Waals surface area (Å²) in [6, 6.07) is 5.19. The van der Waals surface area contributed by atoms with Gasteiger partial charge >= 0.3 is 0 Å². The van der Waals surface area contributed by atoms with Gasteiger partial charge in [-0.15, -0.1) is 12.4 Å². The minimum Gasteiger partial charge on any atom is -0.322 e. The molecule has 0 spiro atoms. The van der Waals surface area contributed by atoms with Gasteiger partial charge in [-0.2, -0.15) is 0 Å². The number of anilines is 1. The Hall–Kier alpha value is -0.520. The highest BCUT2D eigenvalue weighted by atomic mass is 35.5. The summed E-state index contributed by atoms with van der Waals surface area (Å²) in [4.78, 5) is 14.3. The molecule has 0 unspecified atom stereocenters. The Labute approximate surface area is 154 Å². The fourth-order valence-corrected chi connectivity index (χ4v) is 3.19. The van der Waals surface area contributed by atoms with Gasteiger partial charge in [-0.3, -0.25) is 9.69 Å². The standard InChI is InChI=1S/C16H23Cl2N3O.ClH/c1-2-19-10-12-6-8-21(9-7-12)11-15(22)20-16-13(17)4-3-5-14(16)18;/h3-5,12,19H,2,6-11H2,1H3,(H,20,22);1H. The highest BCUT2D eigenvalue weighted by Crippen LogP contribution is 2.29. The van der Waals surface area contributed by atoms with Crippen LogP contribution < -0.4 is 10.6 Å². The lowest BCUT2D eigenvalue weighted by atomic mass is 9.97. The third kappa shape index (κ3) is 6.48. The van der Waals surface area contributed by atoms with Gasteiger partial charge in [-0.25, -0.2) is 0 Å². The van der Waals surface area contributed by atoms with Crippen molar-refractivity contribution in [1.82, 2.24) is 10.2 Å². The van der Waals surface area contributed by atoms with Crippen LogP contribution in [0.1, 0.15) is 19.8 Å². The molecule has 1 fully saturated rings. The number of nitrogens with one attached hydrogen (secondary N) is 2. The second kappa shape index (κ2) is 10.4. The summed E-state index contributed by atoms with van der Waals surface area (Å²) < 4.78 is 0. The fraction of sp³-hybridized carbons (Fsp3) is 0.562. The highest BCUT2D eigenvalue weighted by Gasteiger charge is 2.21. The van der Waals surface area contributed by atoms with Gasteiger partial charge in [0.1, 0.15) is 0 Å². The Morgan fingerprint density at radius 1 is 1.26 bits per heavy atom. The lowest BCUT2D eigenvalue weighted by Gasteiger charge is -2.31. The zero-order chi connectivity index (χ0) is 15.9. The summed E-state index contributed by atoms with van der Waals surface area (Å²) in [6.45, 7) is 6.52. The number of carbonyl (C=O) groups excluding carboxylic acids is 1. The molecule has 23 heavy (non-hydrogen) atoms. The maximum Gasteiger partial charge on any atom is 0.238 e. The summed E-state index contributed by atoms with van der Waals surface area (Å²) >= 11 is 12.1. The summed E-state index contributed by atoms with van der Waals surface area (Å²) in [6.07, 6.45) is 2.26. The Morgan fingerprint density at radius 2 is 1.87 bits per heavy atom. The predicted octanol–water partition coefficient (Wildman–Crippen LogP) is 3.68. The number of carbonyl (C=O) groups is 1. The Balaban J connectivity index is 0.00000264. The van der Waals surface area contributed by atoms with Crippen molar-refractivity contribution in [3.63, 3.8) is 0 Å². The van der Waals surface area contributed by atoms with Crippen molar-refractivity contribution in [3.05, 3.63) is 28.2 Å². The minimum atomic E-state index is -0.0693. The zero-order valence-corrected chi connectivity index (χ0v) is 15.6. The van der Waals surface area contributed by atoms with Crippen LogP contribution in [0, 0.1) is 5.92 Å². The van der Waals surface area contributed by atoms with E-state index in [1.165, 1.54) is 0 Å². The maximum absolute atomic E-state index is 12.2. The van der Waals surface area contributed by atoms with Gasteiger partial charge in [0.05, 0.1) is 22.3 Å². The lowest BCUT2D eigenvalue weighted by Crippen LogP contribution is -2.41. The second-order valence-electron chi connectivity index (χ2n) is 5.67. The van der Waals surface area contributed by atoms with E-state index in [0.29, 0.717) is 22.3 Å². The molecule has 1 amide bonds. The number of halogens is 3. The number of piperidine rings is 1. The van der Waals surface area contributed by atoms with Crippen LogP contribution in [0.5, 0.6) is 0 Å². The average Bonchev–Trinajstić information content (AvgIpc) is 2.50. The second-order valence-corrected chi connectivity index (χ2v) is 6.49. The maximum atomic E-state index is 12.2. The van der Waals surface area contributed by atoms with Gasteiger partial charge in [0, 0.05) is 0 Å². The molecule has 1 aromatic carbocycles. The Bertz CT molecular complexity index is 485. The lowest BCUT2D eigenvalue weighted by molar-refractivity contribution is -0.117. The van der Waals surface area contributed by atoms with Crippen molar-refractivity contribution in [2.24, 2.45) is 5.92 Å². The van der Waals surface area contributed by atoms with E-state index in [4.69, 9.17) is 23.2 Å². The molecular formula is C16H24Cl3N3O. The van der Waals surface area contributed by atoms with Crippen LogP contribution in [-0.2, 0) is 4.79 Å². The van der Waals surface area contributed by atoms with Crippen LogP contribution in [0.25, 0.3) is 0 Å². The number of para-hydroxylation sites is 1. The van der Waals surface area contributed by atoms with E-state index in [1.807, 2.05) is 0 Å². The molecule has 0 atom stereocenters. The highest BCUT2D eigenvalue weighted by molar-refractivity contribution is 6.39. The van der Waals surface area contributed by atoms with Gasteiger partial charge in [0.25, 0.3) is 0 Å². The van der Waals surface area contributed by atoms with E-state index in [0.717, 1.165) is 44.9 Å². The first-order valence-corrected chi connectivity index (χ1v) is 8.52. The molecule has 2 rings (SSSR count). The van der Waals surface area contributed by atoms with Gasteiger partial charge in [-0.05, 0) is 57.1 Å². The number of amides is 1. The SMILES string of the molecule is CCNCC1CCN(CC(=O)Nc2c(Cl)cccc2Cl)CC1.Cl. The molecule has 1 aromatic rings. The van der Waals surface area contributed by atoms with Crippen LogP contribution in [0.15, 0.2) is 18.2 Å². The van der Waals surface area contributed by atoms with Gasteiger partial charge in [-0.1, -0.05) is 36.2 Å². The fourth-order valence-electron chi connectivity index (χ4n) is 2.70. The van der Waals surface area contributed by atoms with Crippen LogP contribution in [0.3, 0.4) is 0 Å². The van der Waals surface area contributed by atoms with Gasteiger partial charge in [0.2, 0.25) is 5.91 Å². The van der Waals surface area contributed by atoms with Crippen molar-refractivity contribution >= 4 is 47.2 Å². The van der Waals surface area contributed by atoms with Gasteiger partial charge in [0.15, 0.2) is 0 Å². The number of nitrogens with zero attached hydrogens (tertiary/aromatic N) is 1. The number of hydrogen-bond acceptors (Lipinski definition) is 3. The first kappa shape index (κ1) is 20.5. The van der Waals surface area contributed by atoms with Crippen molar-refractivity contribution in [2.75, 3.05) is 38.0 Å². The first-order chi connectivity index (χ1) is 10.6. The number of likely N-dealkylation sites (tertiary alicyclic amines) is 1. The van der Waals surface area contributed by atoms with E-state index in [-0.39, 0.29) is 18.3 Å². The van der Waals surface area contributed by atoms with E-state index >= 15 is 0 Å². The minimum absolute atomic E-state index is 0. The molecule has 1 saturated heterocycles. The topological polar surface area (TPSA) is 44.4 Å². The van der Waals surface area contributed by atoms with Crippen molar-refractivity contribution in [1.29, 1.82) is 0 Å². The normalized spacial score (nSPS) is 16.0. The summed E-state index contributed by atoms with van der Waals surface area (Å²) in [7, 11) is 0. The smallest absolute Gasteiger partial charge is 0.238 e. The van der Waals surface area contributed by atoms with Crippen LogP contribution in [0.4, 0.5) is 5.69 Å². The van der Waals surface area contributed by atoms with Crippen molar-refractivity contribution in [2.45, 2.75) is 19.8 Å². The molecular weight excluding hydrogens is 357 g/mol. The van der Waals surface area contributed by atoms with Gasteiger partial charge < -0.3 is 10.6 Å². The monoisotopic (exact) mass is 379 g/mol. The molecule has 1 aliphatic rings. The molecule has 0 aromatic heterocycles. The molecule has 130 valence electrons. The van der Waals surface area contributed by atoms with E-state index in [9.17, 15) is 4.79 Å². The predicted molar refractivity (Wildman–Crippen MR) is 100 cm³/mol. The van der Waals surface area contributed by atoms with Crippen LogP contribution in [-0.4, -0.2) is 43.5 Å². The largest absolute Gasteiger partial charge is 0.322 e. The summed E-state index contributed by atoms with van der Waals surface area (Å²) in [5.74, 6) is 0.650. The molecule has 2 N–H and O–H groups in total. The molecule has 4 nitrogen and oxygen atoms in total. The zero-order valence-electron chi connectivity index (χ0n) is 13.3.